The molecular weight excluding hydrogens is 334 g/mol. The standard InChI is InChI=1S/C15H14BrN3S/c16-12-5-6-20-14(12)9-18-15-11(8-17)7-10-3-1-2-4-13(10)19-15/h5-7H,1-4,9H2,(H,18,19). The number of hydrogen-bond acceptors (Lipinski definition) is 4. The summed E-state index contributed by atoms with van der Waals surface area (Å²) in [7, 11) is 0. The Bertz CT molecular complexity index is 672. The molecule has 2 aromatic rings. The molecule has 2 heterocycles. The number of aryl methyl sites for hydroxylation is 2. The van der Waals surface area contributed by atoms with E-state index in [9.17, 15) is 5.26 Å². The molecule has 3 rings (SSSR count). The van der Waals surface area contributed by atoms with Gasteiger partial charge in [-0.15, -0.1) is 11.3 Å². The predicted molar refractivity (Wildman–Crippen MR) is 84.9 cm³/mol. The summed E-state index contributed by atoms with van der Waals surface area (Å²) in [4.78, 5) is 5.89. The van der Waals surface area contributed by atoms with Crippen LogP contribution in [-0.4, -0.2) is 4.98 Å². The number of hydrogen-bond donors (Lipinski definition) is 1. The van der Waals surface area contributed by atoms with Crippen LogP contribution in [-0.2, 0) is 19.4 Å². The third-order valence-electron chi connectivity index (χ3n) is 3.53. The SMILES string of the molecule is N#Cc1cc2c(nc1NCc1sccc1Br)CCCC2. The molecule has 0 radical (unpaired) electrons. The Morgan fingerprint density at radius 2 is 2.25 bits per heavy atom. The summed E-state index contributed by atoms with van der Waals surface area (Å²) in [6, 6.07) is 6.30. The second-order valence-corrected chi connectivity index (χ2v) is 6.71. The van der Waals surface area contributed by atoms with Crippen LogP contribution in [0.4, 0.5) is 5.82 Å². The maximum Gasteiger partial charge on any atom is 0.144 e. The molecule has 0 spiro atoms. The molecule has 3 nitrogen and oxygen atoms in total. The fraction of sp³-hybridized carbons (Fsp3) is 0.333. The van der Waals surface area contributed by atoms with E-state index in [0.29, 0.717) is 17.9 Å². The lowest BCUT2D eigenvalue weighted by Crippen LogP contribution is -2.10. The first-order valence-electron chi connectivity index (χ1n) is 6.66. The van der Waals surface area contributed by atoms with E-state index >= 15 is 0 Å². The van der Waals surface area contributed by atoms with E-state index in [1.165, 1.54) is 23.3 Å². The van der Waals surface area contributed by atoms with E-state index in [-0.39, 0.29) is 0 Å². The van der Waals surface area contributed by atoms with Crippen molar-refractivity contribution in [2.45, 2.75) is 32.2 Å². The van der Waals surface area contributed by atoms with Crippen LogP contribution in [0.1, 0.15) is 34.5 Å². The highest BCUT2D eigenvalue weighted by Gasteiger charge is 2.15. The molecule has 0 fully saturated rings. The molecule has 0 bridgehead atoms. The molecule has 0 aromatic carbocycles. The molecule has 0 amide bonds. The molecule has 1 N–H and O–H groups in total. The van der Waals surface area contributed by atoms with Gasteiger partial charge in [0.1, 0.15) is 11.9 Å². The van der Waals surface area contributed by atoms with Gasteiger partial charge in [-0.2, -0.15) is 5.26 Å². The number of anilines is 1. The number of halogens is 1. The quantitative estimate of drug-likeness (QED) is 0.901. The second-order valence-electron chi connectivity index (χ2n) is 4.85. The van der Waals surface area contributed by atoms with Crippen LogP contribution in [0.2, 0.25) is 0 Å². The van der Waals surface area contributed by atoms with Crippen molar-refractivity contribution in [2.24, 2.45) is 0 Å². The third-order valence-corrected chi connectivity index (χ3v) is 5.46. The van der Waals surface area contributed by atoms with Gasteiger partial charge in [0.15, 0.2) is 0 Å². The van der Waals surface area contributed by atoms with Gasteiger partial charge in [-0.1, -0.05) is 0 Å². The monoisotopic (exact) mass is 347 g/mol. The Balaban J connectivity index is 1.85. The Hall–Kier alpha value is -1.38. The number of nitriles is 1. The minimum absolute atomic E-state index is 0.651. The van der Waals surface area contributed by atoms with Crippen molar-refractivity contribution in [1.29, 1.82) is 5.26 Å². The van der Waals surface area contributed by atoms with Gasteiger partial charge in [0.2, 0.25) is 0 Å². The summed E-state index contributed by atoms with van der Waals surface area (Å²) in [5.74, 6) is 0.716. The Morgan fingerprint density at radius 3 is 3.00 bits per heavy atom. The minimum Gasteiger partial charge on any atom is -0.364 e. The lowest BCUT2D eigenvalue weighted by atomic mass is 9.95. The summed E-state index contributed by atoms with van der Waals surface area (Å²) in [5, 5.41) is 14.6. The Labute approximate surface area is 130 Å². The first kappa shape index (κ1) is 13.6. The van der Waals surface area contributed by atoms with E-state index in [0.717, 1.165) is 23.0 Å². The van der Waals surface area contributed by atoms with Crippen LogP contribution in [0.25, 0.3) is 0 Å². The van der Waals surface area contributed by atoms with Gasteiger partial charge >= 0.3 is 0 Å². The number of nitrogens with one attached hydrogen (secondary N) is 1. The summed E-state index contributed by atoms with van der Waals surface area (Å²) < 4.78 is 1.10. The summed E-state index contributed by atoms with van der Waals surface area (Å²) in [5.41, 5.74) is 3.05. The molecule has 0 aliphatic heterocycles. The molecule has 0 unspecified atom stereocenters. The normalized spacial score (nSPS) is 13.6. The summed E-state index contributed by atoms with van der Waals surface area (Å²) in [6.45, 7) is 0.693. The molecule has 5 heteroatoms. The van der Waals surface area contributed by atoms with Gasteiger partial charge in [-0.25, -0.2) is 4.98 Å². The highest BCUT2D eigenvalue weighted by Crippen LogP contribution is 2.27. The van der Waals surface area contributed by atoms with Gasteiger partial charge in [-0.05, 0) is 64.7 Å². The van der Waals surface area contributed by atoms with Crippen molar-refractivity contribution >= 4 is 33.1 Å². The zero-order chi connectivity index (χ0) is 13.9. The van der Waals surface area contributed by atoms with Crippen LogP contribution >= 0.6 is 27.3 Å². The maximum atomic E-state index is 9.30. The van der Waals surface area contributed by atoms with Gasteiger partial charge in [0.25, 0.3) is 0 Å². The van der Waals surface area contributed by atoms with E-state index < -0.39 is 0 Å². The van der Waals surface area contributed by atoms with Crippen LogP contribution in [0, 0.1) is 11.3 Å². The van der Waals surface area contributed by atoms with E-state index in [1.54, 1.807) is 11.3 Å². The maximum absolute atomic E-state index is 9.30. The lowest BCUT2D eigenvalue weighted by molar-refractivity contribution is 0.668. The average molecular weight is 348 g/mol. The number of aromatic nitrogens is 1. The van der Waals surface area contributed by atoms with Gasteiger partial charge in [-0.3, -0.25) is 0 Å². The van der Waals surface area contributed by atoms with Crippen LogP contribution in [0.15, 0.2) is 22.0 Å². The molecule has 20 heavy (non-hydrogen) atoms. The molecule has 0 atom stereocenters. The Morgan fingerprint density at radius 1 is 1.40 bits per heavy atom. The summed E-state index contributed by atoms with van der Waals surface area (Å²) in [6.07, 6.45) is 4.47. The van der Waals surface area contributed by atoms with Crippen molar-refractivity contribution < 1.29 is 0 Å². The lowest BCUT2D eigenvalue weighted by Gasteiger charge is -2.17. The van der Waals surface area contributed by atoms with Crippen LogP contribution in [0.3, 0.4) is 0 Å². The third kappa shape index (κ3) is 2.72. The molecule has 1 aliphatic carbocycles. The first-order valence-corrected chi connectivity index (χ1v) is 8.34. The number of rotatable bonds is 3. The second kappa shape index (κ2) is 5.94. The smallest absolute Gasteiger partial charge is 0.144 e. The highest BCUT2D eigenvalue weighted by atomic mass is 79.9. The van der Waals surface area contributed by atoms with Crippen LogP contribution < -0.4 is 5.32 Å². The fourth-order valence-electron chi connectivity index (χ4n) is 2.47. The molecule has 2 aromatic heterocycles. The molecule has 102 valence electrons. The number of thiophene rings is 1. The number of nitrogens with zero attached hydrogens (tertiary/aromatic N) is 2. The molecule has 1 aliphatic rings. The van der Waals surface area contributed by atoms with Crippen molar-refractivity contribution in [3.8, 4) is 6.07 Å². The summed E-state index contributed by atoms with van der Waals surface area (Å²) >= 11 is 5.21. The van der Waals surface area contributed by atoms with E-state index in [2.05, 4.69) is 32.3 Å². The molecule has 0 saturated carbocycles. The number of fused-ring (bicyclic) bond motifs is 1. The van der Waals surface area contributed by atoms with Crippen molar-refractivity contribution in [3.05, 3.63) is 43.7 Å². The van der Waals surface area contributed by atoms with Crippen LogP contribution in [0.5, 0.6) is 0 Å². The topological polar surface area (TPSA) is 48.7 Å². The average Bonchev–Trinajstić information content (AvgIpc) is 2.89. The number of pyridine rings is 1. The highest BCUT2D eigenvalue weighted by molar-refractivity contribution is 9.10. The largest absolute Gasteiger partial charge is 0.364 e. The van der Waals surface area contributed by atoms with Gasteiger partial charge < -0.3 is 5.32 Å². The van der Waals surface area contributed by atoms with Crippen molar-refractivity contribution in [2.75, 3.05) is 5.32 Å². The predicted octanol–water partition coefficient (Wildman–Crippen LogP) is 4.27. The Kier molecular flexibility index (Phi) is 4.04. The van der Waals surface area contributed by atoms with E-state index in [1.807, 2.05) is 17.5 Å². The van der Waals surface area contributed by atoms with Crippen molar-refractivity contribution in [3.63, 3.8) is 0 Å². The first-order chi connectivity index (χ1) is 9.78. The zero-order valence-corrected chi connectivity index (χ0v) is 13.4. The fourth-order valence-corrected chi connectivity index (χ4v) is 3.90. The van der Waals surface area contributed by atoms with E-state index in [4.69, 9.17) is 0 Å². The molecule has 0 saturated heterocycles. The minimum atomic E-state index is 0.651. The molecular formula is C15H14BrN3S. The van der Waals surface area contributed by atoms with Gasteiger partial charge in [0.05, 0.1) is 12.1 Å². The zero-order valence-electron chi connectivity index (χ0n) is 10.9. The van der Waals surface area contributed by atoms with Gasteiger partial charge in [0, 0.05) is 15.0 Å². The van der Waals surface area contributed by atoms with Crippen molar-refractivity contribution in [1.82, 2.24) is 4.98 Å².